The fourth-order valence-corrected chi connectivity index (χ4v) is 3.46. The molecule has 0 aliphatic heterocycles. The Morgan fingerprint density at radius 3 is 2.47 bits per heavy atom. The Morgan fingerprint density at radius 2 is 1.89 bits per heavy atom. The van der Waals surface area contributed by atoms with Crippen molar-refractivity contribution in [2.45, 2.75) is 51.1 Å². The minimum Gasteiger partial charge on any atom is -0.392 e. The largest absolute Gasteiger partial charge is 0.392 e. The fraction of sp³-hybridized carbons (Fsp3) is 0.562. The molecule has 1 aromatic carbocycles. The number of hydrogen-bond donors (Lipinski definition) is 1. The van der Waals surface area contributed by atoms with E-state index in [1.807, 2.05) is 0 Å². The van der Waals surface area contributed by atoms with Crippen LogP contribution in [0.1, 0.15) is 49.3 Å². The van der Waals surface area contributed by atoms with Gasteiger partial charge in [-0.3, -0.25) is 4.90 Å². The Bertz CT molecular complexity index is 438. The van der Waals surface area contributed by atoms with E-state index in [1.54, 1.807) is 0 Å². The van der Waals surface area contributed by atoms with Gasteiger partial charge in [-0.05, 0) is 37.9 Å². The summed E-state index contributed by atoms with van der Waals surface area (Å²) in [5, 5.41) is 0. The van der Waals surface area contributed by atoms with Crippen molar-refractivity contribution < 1.29 is 0 Å². The van der Waals surface area contributed by atoms with E-state index in [0.717, 1.165) is 0 Å². The smallest absolute Gasteiger partial charge is 0.0948 e. The number of benzene rings is 1. The third-order valence-electron chi connectivity index (χ3n) is 4.31. The van der Waals surface area contributed by atoms with Gasteiger partial charge in [0.1, 0.15) is 0 Å². The first-order valence-corrected chi connectivity index (χ1v) is 7.59. The van der Waals surface area contributed by atoms with Crippen LogP contribution in [0.3, 0.4) is 0 Å². The highest BCUT2D eigenvalue weighted by Crippen LogP contribution is 2.30. The molecular formula is C16H24N2S. The lowest BCUT2D eigenvalue weighted by Crippen LogP contribution is -2.42. The number of nitrogens with zero attached hydrogens (tertiary/aromatic N) is 1. The van der Waals surface area contributed by atoms with E-state index in [1.165, 1.54) is 43.2 Å². The summed E-state index contributed by atoms with van der Waals surface area (Å²) in [7, 11) is 2.17. The molecule has 19 heavy (non-hydrogen) atoms. The van der Waals surface area contributed by atoms with Gasteiger partial charge in [-0.15, -0.1) is 0 Å². The molecule has 1 saturated carbocycles. The SMILES string of the molecule is Cc1ccccc1C(C(N)=S)N(C)C1CCCCC1. The lowest BCUT2D eigenvalue weighted by molar-refractivity contribution is 0.170. The van der Waals surface area contributed by atoms with Gasteiger partial charge in [0.25, 0.3) is 0 Å². The van der Waals surface area contributed by atoms with Crippen LogP contribution < -0.4 is 5.73 Å². The molecule has 1 unspecified atom stereocenters. The van der Waals surface area contributed by atoms with Gasteiger partial charge in [0.2, 0.25) is 0 Å². The maximum absolute atomic E-state index is 6.03. The van der Waals surface area contributed by atoms with E-state index in [4.69, 9.17) is 18.0 Å². The van der Waals surface area contributed by atoms with Gasteiger partial charge in [0.05, 0.1) is 11.0 Å². The zero-order chi connectivity index (χ0) is 13.8. The lowest BCUT2D eigenvalue weighted by atomic mass is 9.91. The second kappa shape index (κ2) is 6.49. The molecule has 2 rings (SSSR count). The number of likely N-dealkylation sites (N-methyl/N-ethyl adjacent to an activating group) is 1. The molecule has 1 aromatic rings. The van der Waals surface area contributed by atoms with E-state index in [0.29, 0.717) is 11.0 Å². The normalized spacial score (nSPS) is 18.5. The predicted octanol–water partition coefficient (Wildman–Crippen LogP) is 3.59. The topological polar surface area (TPSA) is 29.3 Å². The van der Waals surface area contributed by atoms with Gasteiger partial charge >= 0.3 is 0 Å². The lowest BCUT2D eigenvalue weighted by Gasteiger charge is -2.37. The second-order valence-electron chi connectivity index (χ2n) is 5.62. The van der Waals surface area contributed by atoms with Crippen LogP contribution in [0.25, 0.3) is 0 Å². The molecule has 0 spiro atoms. The zero-order valence-electron chi connectivity index (χ0n) is 11.9. The Balaban J connectivity index is 2.25. The average molecular weight is 276 g/mol. The summed E-state index contributed by atoms with van der Waals surface area (Å²) >= 11 is 5.34. The highest BCUT2D eigenvalue weighted by Gasteiger charge is 2.28. The minimum absolute atomic E-state index is 0.0688. The molecule has 0 saturated heterocycles. The average Bonchev–Trinajstić information content (AvgIpc) is 2.42. The van der Waals surface area contributed by atoms with Gasteiger partial charge in [-0.1, -0.05) is 55.7 Å². The summed E-state index contributed by atoms with van der Waals surface area (Å²) in [6, 6.07) is 9.10. The monoisotopic (exact) mass is 276 g/mol. The number of nitrogens with two attached hydrogens (primary N) is 1. The molecular weight excluding hydrogens is 252 g/mol. The summed E-state index contributed by atoms with van der Waals surface area (Å²) in [6.45, 7) is 2.13. The Hall–Kier alpha value is -0.930. The molecule has 3 heteroatoms. The van der Waals surface area contributed by atoms with Gasteiger partial charge in [0.15, 0.2) is 0 Å². The van der Waals surface area contributed by atoms with Gasteiger partial charge in [-0.2, -0.15) is 0 Å². The molecule has 0 radical (unpaired) electrons. The summed E-state index contributed by atoms with van der Waals surface area (Å²) in [5.41, 5.74) is 8.55. The molecule has 0 aromatic heterocycles. The first-order chi connectivity index (χ1) is 9.11. The van der Waals surface area contributed by atoms with Crippen molar-refractivity contribution in [1.82, 2.24) is 4.90 Å². The van der Waals surface area contributed by atoms with Crippen LogP contribution in [0, 0.1) is 6.92 Å². The molecule has 2 nitrogen and oxygen atoms in total. The molecule has 2 N–H and O–H groups in total. The fourth-order valence-electron chi connectivity index (χ4n) is 3.17. The predicted molar refractivity (Wildman–Crippen MR) is 85.3 cm³/mol. The van der Waals surface area contributed by atoms with Crippen molar-refractivity contribution in [3.8, 4) is 0 Å². The molecule has 1 aliphatic rings. The van der Waals surface area contributed by atoms with E-state index < -0.39 is 0 Å². The standard InChI is InChI=1S/C16H24N2S/c1-12-8-6-7-11-14(12)15(16(17)19)18(2)13-9-4-3-5-10-13/h6-8,11,13,15H,3-5,9-10H2,1-2H3,(H2,17,19). The van der Waals surface area contributed by atoms with E-state index in [-0.39, 0.29) is 6.04 Å². The van der Waals surface area contributed by atoms with Crippen molar-refractivity contribution in [1.29, 1.82) is 0 Å². The molecule has 0 bridgehead atoms. The zero-order valence-corrected chi connectivity index (χ0v) is 12.7. The maximum atomic E-state index is 6.03. The van der Waals surface area contributed by atoms with Crippen LogP contribution >= 0.6 is 12.2 Å². The Labute approximate surface area is 122 Å². The number of hydrogen-bond acceptors (Lipinski definition) is 2. The third-order valence-corrected chi connectivity index (χ3v) is 4.53. The van der Waals surface area contributed by atoms with Crippen LogP contribution in [-0.4, -0.2) is 23.0 Å². The highest BCUT2D eigenvalue weighted by atomic mass is 32.1. The van der Waals surface area contributed by atoms with Crippen LogP contribution in [-0.2, 0) is 0 Å². The van der Waals surface area contributed by atoms with Gasteiger partial charge < -0.3 is 5.73 Å². The maximum Gasteiger partial charge on any atom is 0.0948 e. The molecule has 1 fully saturated rings. The number of thiocarbonyl (C=S) groups is 1. The molecule has 0 heterocycles. The van der Waals surface area contributed by atoms with Gasteiger partial charge in [-0.25, -0.2) is 0 Å². The third kappa shape index (κ3) is 3.34. The van der Waals surface area contributed by atoms with Crippen molar-refractivity contribution in [2.24, 2.45) is 5.73 Å². The van der Waals surface area contributed by atoms with Crippen molar-refractivity contribution in [2.75, 3.05) is 7.05 Å². The Morgan fingerprint density at radius 1 is 1.26 bits per heavy atom. The van der Waals surface area contributed by atoms with Crippen LogP contribution in [0.15, 0.2) is 24.3 Å². The van der Waals surface area contributed by atoms with E-state index >= 15 is 0 Å². The van der Waals surface area contributed by atoms with Crippen molar-refractivity contribution >= 4 is 17.2 Å². The number of rotatable bonds is 4. The van der Waals surface area contributed by atoms with Crippen molar-refractivity contribution in [3.05, 3.63) is 35.4 Å². The Kier molecular flexibility index (Phi) is 4.94. The first-order valence-electron chi connectivity index (χ1n) is 7.18. The summed E-state index contributed by atoms with van der Waals surface area (Å²) < 4.78 is 0. The van der Waals surface area contributed by atoms with E-state index in [2.05, 4.69) is 43.1 Å². The van der Waals surface area contributed by atoms with Crippen molar-refractivity contribution in [3.63, 3.8) is 0 Å². The molecule has 1 aliphatic carbocycles. The highest BCUT2D eigenvalue weighted by molar-refractivity contribution is 7.80. The second-order valence-corrected chi connectivity index (χ2v) is 6.09. The molecule has 0 amide bonds. The molecule has 104 valence electrons. The summed E-state index contributed by atoms with van der Waals surface area (Å²) in [6.07, 6.45) is 6.55. The molecule has 1 atom stereocenters. The number of aryl methyl sites for hydroxylation is 1. The van der Waals surface area contributed by atoms with Crippen LogP contribution in [0.5, 0.6) is 0 Å². The summed E-state index contributed by atoms with van der Waals surface area (Å²) in [5.74, 6) is 0. The first kappa shape index (κ1) is 14.5. The van der Waals surface area contributed by atoms with Crippen LogP contribution in [0.4, 0.5) is 0 Å². The minimum atomic E-state index is 0.0688. The van der Waals surface area contributed by atoms with Crippen LogP contribution in [0.2, 0.25) is 0 Å². The van der Waals surface area contributed by atoms with Gasteiger partial charge in [0, 0.05) is 6.04 Å². The summed E-state index contributed by atoms with van der Waals surface area (Å²) in [4.78, 5) is 2.98. The van der Waals surface area contributed by atoms with E-state index in [9.17, 15) is 0 Å². The quantitative estimate of drug-likeness (QED) is 0.852.